The van der Waals surface area contributed by atoms with Crippen molar-refractivity contribution in [3.8, 4) is 0 Å². The van der Waals surface area contributed by atoms with Gasteiger partial charge in [-0.25, -0.2) is 0 Å². The lowest BCUT2D eigenvalue weighted by molar-refractivity contribution is 0.443. The number of hydrogen-bond donors (Lipinski definition) is 0. The highest BCUT2D eigenvalue weighted by atomic mass is 14.2. The van der Waals surface area contributed by atoms with E-state index in [9.17, 15) is 0 Å². The molecule has 0 aliphatic heterocycles. The standard InChI is InChI=1S/C12H20/c1-9(2)11-6-5-7-12(8-11)10(3)4/h5-7,9-11H,8H2,1-4H3/t11-/m0/s1. The Morgan fingerprint density at radius 3 is 2.42 bits per heavy atom. The van der Waals surface area contributed by atoms with Crippen molar-refractivity contribution in [3.05, 3.63) is 23.8 Å². The van der Waals surface area contributed by atoms with E-state index in [1.54, 1.807) is 5.57 Å². The Kier molecular flexibility index (Phi) is 3.13. The van der Waals surface area contributed by atoms with Gasteiger partial charge < -0.3 is 0 Å². The van der Waals surface area contributed by atoms with Crippen LogP contribution in [-0.4, -0.2) is 0 Å². The van der Waals surface area contributed by atoms with E-state index in [0.717, 1.165) is 17.8 Å². The quantitative estimate of drug-likeness (QED) is 0.582. The molecule has 0 amide bonds. The SMILES string of the molecule is CC(C)C1=CC=C[C@H](C(C)C)C1. The maximum atomic E-state index is 2.34. The Balaban J connectivity index is 2.61. The lowest BCUT2D eigenvalue weighted by atomic mass is 9.82. The summed E-state index contributed by atoms with van der Waals surface area (Å²) >= 11 is 0. The molecule has 0 aromatic heterocycles. The summed E-state index contributed by atoms with van der Waals surface area (Å²) in [4.78, 5) is 0. The zero-order valence-corrected chi connectivity index (χ0v) is 8.67. The largest absolute Gasteiger partial charge is 0.0808 e. The van der Waals surface area contributed by atoms with Gasteiger partial charge in [0, 0.05) is 0 Å². The molecule has 1 aliphatic rings. The third-order valence-corrected chi connectivity index (χ3v) is 2.74. The van der Waals surface area contributed by atoms with Crippen molar-refractivity contribution in [3.63, 3.8) is 0 Å². The van der Waals surface area contributed by atoms with E-state index < -0.39 is 0 Å². The van der Waals surface area contributed by atoms with E-state index in [4.69, 9.17) is 0 Å². The van der Waals surface area contributed by atoms with Gasteiger partial charge in [-0.15, -0.1) is 0 Å². The molecule has 1 aliphatic carbocycles. The van der Waals surface area contributed by atoms with Gasteiger partial charge in [-0.1, -0.05) is 51.5 Å². The fraction of sp³-hybridized carbons (Fsp3) is 0.667. The zero-order valence-electron chi connectivity index (χ0n) is 8.67. The van der Waals surface area contributed by atoms with Gasteiger partial charge in [0.15, 0.2) is 0 Å². The molecule has 0 unspecified atom stereocenters. The second-order valence-corrected chi connectivity index (χ2v) is 4.39. The van der Waals surface area contributed by atoms with Crippen molar-refractivity contribution in [1.82, 2.24) is 0 Å². The van der Waals surface area contributed by atoms with Crippen LogP contribution in [0.3, 0.4) is 0 Å². The first kappa shape index (κ1) is 9.57. The maximum absolute atomic E-state index is 2.34. The van der Waals surface area contributed by atoms with E-state index in [-0.39, 0.29) is 0 Å². The van der Waals surface area contributed by atoms with Crippen LogP contribution in [0.2, 0.25) is 0 Å². The number of rotatable bonds is 2. The minimum absolute atomic E-state index is 0.719. The second-order valence-electron chi connectivity index (χ2n) is 4.39. The van der Waals surface area contributed by atoms with Gasteiger partial charge in [0.2, 0.25) is 0 Å². The van der Waals surface area contributed by atoms with E-state index in [0.29, 0.717) is 0 Å². The summed E-state index contributed by atoms with van der Waals surface area (Å²) in [7, 11) is 0. The molecule has 0 N–H and O–H groups in total. The molecule has 0 saturated carbocycles. The van der Waals surface area contributed by atoms with Crippen LogP contribution in [-0.2, 0) is 0 Å². The van der Waals surface area contributed by atoms with Crippen LogP contribution in [0.5, 0.6) is 0 Å². The minimum atomic E-state index is 0.719. The summed E-state index contributed by atoms with van der Waals surface area (Å²) in [5.74, 6) is 2.27. The summed E-state index contributed by atoms with van der Waals surface area (Å²) in [6.45, 7) is 9.17. The highest BCUT2D eigenvalue weighted by molar-refractivity contribution is 5.21. The first-order valence-electron chi connectivity index (χ1n) is 4.98. The molecule has 0 saturated heterocycles. The molecule has 0 heteroatoms. The van der Waals surface area contributed by atoms with Crippen LogP contribution in [0.15, 0.2) is 23.8 Å². The van der Waals surface area contributed by atoms with Gasteiger partial charge in [-0.2, -0.15) is 0 Å². The third-order valence-electron chi connectivity index (χ3n) is 2.74. The van der Waals surface area contributed by atoms with E-state index in [1.165, 1.54) is 6.42 Å². The molecule has 12 heavy (non-hydrogen) atoms. The molecule has 0 nitrogen and oxygen atoms in total. The van der Waals surface area contributed by atoms with Crippen molar-refractivity contribution in [2.75, 3.05) is 0 Å². The molecule has 0 aromatic carbocycles. The Hall–Kier alpha value is -0.520. The summed E-state index contributed by atoms with van der Waals surface area (Å²) in [5, 5.41) is 0. The molecule has 0 heterocycles. The van der Waals surface area contributed by atoms with Crippen LogP contribution in [0.4, 0.5) is 0 Å². The fourth-order valence-corrected chi connectivity index (χ4v) is 1.62. The Morgan fingerprint density at radius 1 is 1.25 bits per heavy atom. The van der Waals surface area contributed by atoms with Crippen molar-refractivity contribution < 1.29 is 0 Å². The van der Waals surface area contributed by atoms with Gasteiger partial charge in [0.25, 0.3) is 0 Å². The van der Waals surface area contributed by atoms with E-state index in [2.05, 4.69) is 45.9 Å². The summed E-state index contributed by atoms with van der Waals surface area (Å²) in [6, 6.07) is 0. The molecule has 68 valence electrons. The Bertz CT molecular complexity index is 194. The van der Waals surface area contributed by atoms with Gasteiger partial charge in [0.05, 0.1) is 0 Å². The first-order valence-corrected chi connectivity index (χ1v) is 4.98. The summed E-state index contributed by atoms with van der Waals surface area (Å²) in [5.41, 5.74) is 1.61. The molecule has 1 atom stereocenters. The topological polar surface area (TPSA) is 0 Å². The van der Waals surface area contributed by atoms with E-state index >= 15 is 0 Å². The van der Waals surface area contributed by atoms with Gasteiger partial charge in [-0.05, 0) is 24.2 Å². The lowest BCUT2D eigenvalue weighted by Crippen LogP contribution is -2.11. The molecule has 1 rings (SSSR count). The van der Waals surface area contributed by atoms with Gasteiger partial charge in [0.1, 0.15) is 0 Å². The van der Waals surface area contributed by atoms with Crippen LogP contribution < -0.4 is 0 Å². The lowest BCUT2D eigenvalue weighted by Gasteiger charge is -2.23. The molecule has 0 bridgehead atoms. The molecular formula is C12H20. The van der Waals surface area contributed by atoms with Crippen LogP contribution >= 0.6 is 0 Å². The predicted octanol–water partition coefficient (Wildman–Crippen LogP) is 3.80. The second kappa shape index (κ2) is 3.93. The van der Waals surface area contributed by atoms with Crippen molar-refractivity contribution >= 4 is 0 Å². The summed E-state index contributed by atoms with van der Waals surface area (Å²) < 4.78 is 0. The number of allylic oxidation sites excluding steroid dienone is 4. The highest BCUT2D eigenvalue weighted by Crippen LogP contribution is 2.28. The predicted molar refractivity (Wildman–Crippen MR) is 55.0 cm³/mol. The maximum Gasteiger partial charge on any atom is -0.0170 e. The monoisotopic (exact) mass is 164 g/mol. The zero-order chi connectivity index (χ0) is 9.14. The molecule has 0 aromatic rings. The van der Waals surface area contributed by atoms with Crippen LogP contribution in [0, 0.1) is 17.8 Å². The van der Waals surface area contributed by atoms with Gasteiger partial charge in [-0.3, -0.25) is 0 Å². The van der Waals surface area contributed by atoms with Crippen LogP contribution in [0.1, 0.15) is 34.1 Å². The molecule has 0 spiro atoms. The summed E-state index contributed by atoms with van der Waals surface area (Å²) in [6.07, 6.45) is 8.12. The van der Waals surface area contributed by atoms with Crippen molar-refractivity contribution in [2.45, 2.75) is 34.1 Å². The normalized spacial score (nSPS) is 23.5. The Labute approximate surface area is 76.4 Å². The smallest absolute Gasteiger partial charge is 0.0170 e. The minimum Gasteiger partial charge on any atom is -0.0808 e. The molecule has 0 radical (unpaired) electrons. The average molecular weight is 164 g/mol. The first-order chi connectivity index (χ1) is 5.61. The fourth-order valence-electron chi connectivity index (χ4n) is 1.62. The van der Waals surface area contributed by atoms with E-state index in [1.807, 2.05) is 0 Å². The average Bonchev–Trinajstić information content (AvgIpc) is 2.04. The van der Waals surface area contributed by atoms with Crippen molar-refractivity contribution in [1.29, 1.82) is 0 Å². The number of hydrogen-bond acceptors (Lipinski definition) is 0. The Morgan fingerprint density at radius 2 is 1.92 bits per heavy atom. The van der Waals surface area contributed by atoms with Crippen molar-refractivity contribution in [2.24, 2.45) is 17.8 Å². The third kappa shape index (κ3) is 2.23. The van der Waals surface area contributed by atoms with Crippen LogP contribution in [0.25, 0.3) is 0 Å². The molecular weight excluding hydrogens is 144 g/mol. The van der Waals surface area contributed by atoms with Gasteiger partial charge >= 0.3 is 0 Å². The highest BCUT2D eigenvalue weighted by Gasteiger charge is 2.15. The molecule has 0 fully saturated rings.